The van der Waals surface area contributed by atoms with E-state index in [1.54, 1.807) is 12.3 Å². The molecule has 0 N–H and O–H groups in total. The molecule has 1 aliphatic heterocycles. The molecule has 1 aromatic carbocycles. The zero-order valence-electron chi connectivity index (χ0n) is 13.5. The first-order valence-corrected chi connectivity index (χ1v) is 8.19. The van der Waals surface area contributed by atoms with Gasteiger partial charge >= 0.3 is 0 Å². The fraction of sp³-hybridized carbons (Fsp3) is 0.389. The summed E-state index contributed by atoms with van der Waals surface area (Å²) in [7, 11) is 0. The Bertz CT molecular complexity index is 653. The average Bonchev–Trinajstić information content (AvgIpc) is 3.14. The van der Waals surface area contributed by atoms with Crippen molar-refractivity contribution in [1.82, 2.24) is 14.9 Å². The molecular weight excluding hydrogens is 288 g/mol. The number of hydrogen-bond donors (Lipinski definition) is 0. The van der Waals surface area contributed by atoms with E-state index in [9.17, 15) is 4.79 Å². The summed E-state index contributed by atoms with van der Waals surface area (Å²) in [5.74, 6) is 0.628. The number of anilines is 1. The molecule has 2 heterocycles. The van der Waals surface area contributed by atoms with E-state index in [0.29, 0.717) is 11.6 Å². The van der Waals surface area contributed by atoms with Crippen LogP contribution in [0.15, 0.2) is 42.6 Å². The van der Waals surface area contributed by atoms with Crippen LogP contribution < -0.4 is 4.90 Å². The minimum absolute atomic E-state index is 0.0157. The predicted molar refractivity (Wildman–Crippen MR) is 90.3 cm³/mol. The number of aromatic nitrogens is 2. The lowest BCUT2D eigenvalue weighted by Gasteiger charge is -2.22. The van der Waals surface area contributed by atoms with E-state index in [4.69, 9.17) is 0 Å². The molecule has 120 valence electrons. The number of amides is 1. The Kier molecular flexibility index (Phi) is 4.86. The number of benzene rings is 1. The summed E-state index contributed by atoms with van der Waals surface area (Å²) in [5, 5.41) is 0. The summed E-state index contributed by atoms with van der Waals surface area (Å²) in [6.07, 6.45) is 3.84. The monoisotopic (exact) mass is 310 g/mol. The number of rotatable bonds is 5. The van der Waals surface area contributed by atoms with Crippen molar-refractivity contribution in [3.63, 3.8) is 0 Å². The molecule has 0 saturated carbocycles. The fourth-order valence-corrected chi connectivity index (χ4v) is 2.83. The first-order valence-electron chi connectivity index (χ1n) is 8.19. The highest BCUT2D eigenvalue weighted by Crippen LogP contribution is 2.15. The van der Waals surface area contributed by atoms with Gasteiger partial charge in [0, 0.05) is 32.4 Å². The second kappa shape index (κ2) is 7.22. The molecule has 1 saturated heterocycles. The van der Waals surface area contributed by atoms with Crippen LogP contribution in [0.5, 0.6) is 0 Å². The van der Waals surface area contributed by atoms with Crippen LogP contribution in [0.3, 0.4) is 0 Å². The average molecular weight is 310 g/mol. The van der Waals surface area contributed by atoms with Crippen LogP contribution in [0.25, 0.3) is 0 Å². The first kappa shape index (κ1) is 15.5. The van der Waals surface area contributed by atoms with Crippen LogP contribution in [-0.2, 0) is 6.54 Å². The maximum absolute atomic E-state index is 12.5. The highest BCUT2D eigenvalue weighted by molar-refractivity contribution is 5.92. The molecule has 1 amide bonds. The zero-order chi connectivity index (χ0) is 16.1. The van der Waals surface area contributed by atoms with Crippen molar-refractivity contribution in [3.05, 3.63) is 53.9 Å². The summed E-state index contributed by atoms with van der Waals surface area (Å²) in [6.45, 7) is 5.26. The van der Waals surface area contributed by atoms with E-state index in [2.05, 4.69) is 33.9 Å². The molecule has 2 aromatic rings. The Labute approximate surface area is 137 Å². The smallest absolute Gasteiger partial charge is 0.272 e. The highest BCUT2D eigenvalue weighted by atomic mass is 16.2. The molecule has 0 aliphatic carbocycles. The van der Waals surface area contributed by atoms with Gasteiger partial charge in [0.25, 0.3) is 5.91 Å². The van der Waals surface area contributed by atoms with Gasteiger partial charge in [0.05, 0.1) is 0 Å². The molecule has 5 heteroatoms. The summed E-state index contributed by atoms with van der Waals surface area (Å²) < 4.78 is 0. The van der Waals surface area contributed by atoms with E-state index < -0.39 is 0 Å². The molecule has 0 radical (unpaired) electrons. The first-order chi connectivity index (χ1) is 11.3. The molecule has 5 nitrogen and oxygen atoms in total. The minimum atomic E-state index is 0.0157. The molecule has 1 fully saturated rings. The largest absolute Gasteiger partial charge is 0.337 e. The molecule has 0 bridgehead atoms. The molecule has 0 spiro atoms. The Morgan fingerprint density at radius 1 is 1.17 bits per heavy atom. The number of likely N-dealkylation sites (tertiary alicyclic amines) is 1. The van der Waals surface area contributed by atoms with Crippen molar-refractivity contribution in [2.45, 2.75) is 26.3 Å². The van der Waals surface area contributed by atoms with Crippen molar-refractivity contribution in [1.29, 1.82) is 0 Å². The van der Waals surface area contributed by atoms with Gasteiger partial charge in [-0.3, -0.25) is 4.79 Å². The number of carbonyl (C=O) groups is 1. The molecule has 1 aromatic heterocycles. The quantitative estimate of drug-likeness (QED) is 0.852. The molecule has 3 rings (SSSR count). The van der Waals surface area contributed by atoms with Gasteiger partial charge in [-0.25, -0.2) is 9.97 Å². The second-order valence-electron chi connectivity index (χ2n) is 5.74. The second-order valence-corrected chi connectivity index (χ2v) is 5.74. The van der Waals surface area contributed by atoms with Crippen LogP contribution in [-0.4, -0.2) is 40.4 Å². The molecule has 0 atom stereocenters. The lowest BCUT2D eigenvalue weighted by atomic mass is 10.2. The molecule has 0 unspecified atom stereocenters. The van der Waals surface area contributed by atoms with Crippen molar-refractivity contribution >= 4 is 11.9 Å². The SMILES string of the molecule is CCN(Cc1ccccc1)c1nccc(C(=O)N2CCCC2)n1. The van der Waals surface area contributed by atoms with Gasteiger partial charge in [-0.1, -0.05) is 30.3 Å². The van der Waals surface area contributed by atoms with Gasteiger partial charge in [0.1, 0.15) is 5.69 Å². The van der Waals surface area contributed by atoms with Gasteiger partial charge in [0.2, 0.25) is 5.95 Å². The molecule has 23 heavy (non-hydrogen) atoms. The Balaban J connectivity index is 1.78. The zero-order valence-corrected chi connectivity index (χ0v) is 13.5. The maximum atomic E-state index is 12.5. The van der Waals surface area contributed by atoms with Crippen LogP contribution >= 0.6 is 0 Å². The number of hydrogen-bond acceptors (Lipinski definition) is 4. The van der Waals surface area contributed by atoms with Gasteiger partial charge in [-0.2, -0.15) is 0 Å². The van der Waals surface area contributed by atoms with Gasteiger partial charge in [-0.05, 0) is 31.4 Å². The van der Waals surface area contributed by atoms with Crippen molar-refractivity contribution in [2.75, 3.05) is 24.5 Å². The Morgan fingerprint density at radius 2 is 1.91 bits per heavy atom. The number of carbonyl (C=O) groups excluding carboxylic acids is 1. The lowest BCUT2D eigenvalue weighted by molar-refractivity contribution is 0.0787. The van der Waals surface area contributed by atoms with E-state index in [1.807, 2.05) is 23.1 Å². The lowest BCUT2D eigenvalue weighted by Crippen LogP contribution is -2.30. The van der Waals surface area contributed by atoms with E-state index in [0.717, 1.165) is 39.0 Å². The highest BCUT2D eigenvalue weighted by Gasteiger charge is 2.21. The summed E-state index contributed by atoms with van der Waals surface area (Å²) in [4.78, 5) is 25.3. The Hall–Kier alpha value is -2.43. The van der Waals surface area contributed by atoms with Crippen LogP contribution in [0, 0.1) is 0 Å². The fourth-order valence-electron chi connectivity index (χ4n) is 2.83. The number of nitrogens with zero attached hydrogens (tertiary/aromatic N) is 4. The third-order valence-electron chi connectivity index (χ3n) is 4.14. The van der Waals surface area contributed by atoms with Crippen LogP contribution in [0.1, 0.15) is 35.8 Å². The van der Waals surface area contributed by atoms with Crippen LogP contribution in [0.4, 0.5) is 5.95 Å². The van der Waals surface area contributed by atoms with Crippen molar-refractivity contribution in [3.8, 4) is 0 Å². The van der Waals surface area contributed by atoms with Gasteiger partial charge < -0.3 is 9.80 Å². The maximum Gasteiger partial charge on any atom is 0.272 e. The topological polar surface area (TPSA) is 49.3 Å². The third kappa shape index (κ3) is 3.67. The molecule has 1 aliphatic rings. The summed E-state index contributed by atoms with van der Waals surface area (Å²) in [6, 6.07) is 11.9. The van der Waals surface area contributed by atoms with Crippen molar-refractivity contribution in [2.24, 2.45) is 0 Å². The van der Waals surface area contributed by atoms with E-state index in [1.165, 1.54) is 5.56 Å². The summed E-state index contributed by atoms with van der Waals surface area (Å²) in [5.41, 5.74) is 1.69. The normalized spacial score (nSPS) is 14.0. The van der Waals surface area contributed by atoms with Gasteiger partial charge in [0.15, 0.2) is 0 Å². The standard InChI is InChI=1S/C18H22N4O/c1-2-21(14-15-8-4-3-5-9-15)18-19-11-10-16(20-18)17(23)22-12-6-7-13-22/h3-5,8-11H,2,6-7,12-14H2,1H3. The Morgan fingerprint density at radius 3 is 2.61 bits per heavy atom. The van der Waals surface area contributed by atoms with E-state index in [-0.39, 0.29) is 5.91 Å². The van der Waals surface area contributed by atoms with E-state index >= 15 is 0 Å². The predicted octanol–water partition coefficient (Wildman–Crippen LogP) is 2.74. The minimum Gasteiger partial charge on any atom is -0.337 e. The van der Waals surface area contributed by atoms with Gasteiger partial charge in [-0.15, -0.1) is 0 Å². The molecular formula is C18H22N4O. The van der Waals surface area contributed by atoms with Crippen molar-refractivity contribution < 1.29 is 4.79 Å². The third-order valence-corrected chi connectivity index (χ3v) is 4.14. The van der Waals surface area contributed by atoms with Crippen LogP contribution in [0.2, 0.25) is 0 Å². The summed E-state index contributed by atoms with van der Waals surface area (Å²) >= 11 is 0.